The summed E-state index contributed by atoms with van der Waals surface area (Å²) in [5.74, 6) is -0.689. The minimum atomic E-state index is -3.65. The van der Waals surface area contributed by atoms with Gasteiger partial charge in [-0.25, -0.2) is 13.4 Å². The fourth-order valence-corrected chi connectivity index (χ4v) is 5.33. The number of hydrogen-bond donors (Lipinski definition) is 1. The van der Waals surface area contributed by atoms with Crippen LogP contribution in [0.5, 0.6) is 0 Å². The number of anilines is 1. The maximum Gasteiger partial charge on any atom is 0.275 e. The zero-order chi connectivity index (χ0) is 21.3. The third kappa shape index (κ3) is 4.65. The van der Waals surface area contributed by atoms with Gasteiger partial charge in [-0.2, -0.15) is 4.31 Å². The second-order valence-electron chi connectivity index (χ2n) is 6.59. The first-order valence-electron chi connectivity index (χ1n) is 8.75. The molecule has 1 aromatic heterocycles. The second kappa shape index (κ2) is 8.96. The molecule has 1 aliphatic heterocycles. The molecule has 6 nitrogen and oxygen atoms in total. The van der Waals surface area contributed by atoms with Gasteiger partial charge >= 0.3 is 0 Å². The summed E-state index contributed by atoms with van der Waals surface area (Å²) in [4.78, 5) is 16.7. The molecule has 0 unspecified atom stereocenters. The summed E-state index contributed by atoms with van der Waals surface area (Å²) in [6.45, 7) is 2.71. The highest BCUT2D eigenvalue weighted by atomic mass is 35.5. The summed E-state index contributed by atoms with van der Waals surface area (Å²) in [5, 5.41) is 2.18. The number of sulfonamides is 1. The molecule has 1 aliphatic rings. The van der Waals surface area contributed by atoms with Crippen LogP contribution in [0.4, 0.5) is 5.69 Å². The first-order valence-corrected chi connectivity index (χ1v) is 11.7. The molecule has 1 N–H and O–H groups in total. The van der Waals surface area contributed by atoms with Gasteiger partial charge < -0.3 is 5.32 Å². The van der Waals surface area contributed by atoms with Gasteiger partial charge in [-0.1, -0.05) is 58.9 Å². The van der Waals surface area contributed by atoms with Crippen molar-refractivity contribution in [1.29, 1.82) is 0 Å². The van der Waals surface area contributed by atoms with Gasteiger partial charge in [0.05, 0.1) is 20.0 Å². The van der Waals surface area contributed by atoms with Crippen molar-refractivity contribution in [1.82, 2.24) is 9.29 Å². The number of aromatic nitrogens is 1. The smallest absolute Gasteiger partial charge is 0.275 e. The van der Waals surface area contributed by atoms with Crippen molar-refractivity contribution in [2.24, 2.45) is 0 Å². The lowest BCUT2D eigenvalue weighted by Gasteiger charge is -2.26. The highest BCUT2D eigenvalue weighted by Gasteiger charge is 2.27. The van der Waals surface area contributed by atoms with E-state index in [0.29, 0.717) is 24.3 Å². The van der Waals surface area contributed by atoms with E-state index in [1.54, 1.807) is 13.0 Å². The van der Waals surface area contributed by atoms with Crippen LogP contribution in [-0.2, 0) is 10.0 Å². The topological polar surface area (TPSA) is 79.4 Å². The lowest BCUT2D eigenvalue weighted by atomic mass is 10.2. The molecule has 1 fully saturated rings. The normalized spacial score (nSPS) is 15.3. The number of rotatable bonds is 4. The van der Waals surface area contributed by atoms with Gasteiger partial charge in [0.2, 0.25) is 10.0 Å². The van der Waals surface area contributed by atoms with Crippen molar-refractivity contribution < 1.29 is 13.2 Å². The minimum Gasteiger partial charge on any atom is -0.320 e. The van der Waals surface area contributed by atoms with Crippen LogP contribution in [0, 0.1) is 6.92 Å². The molecular weight excluding hydrogens is 480 g/mol. The summed E-state index contributed by atoms with van der Waals surface area (Å²) in [6, 6.07) is 4.57. The number of piperidine rings is 1. The lowest BCUT2D eigenvalue weighted by Crippen LogP contribution is -2.35. The molecule has 1 aromatic carbocycles. The molecule has 29 heavy (non-hydrogen) atoms. The Labute approximate surface area is 189 Å². The minimum absolute atomic E-state index is 0.0549. The van der Waals surface area contributed by atoms with Crippen molar-refractivity contribution in [2.45, 2.75) is 31.1 Å². The summed E-state index contributed by atoms with van der Waals surface area (Å²) >= 11 is 23.8. The van der Waals surface area contributed by atoms with Crippen LogP contribution in [0.1, 0.15) is 35.3 Å². The third-order valence-electron chi connectivity index (χ3n) is 4.61. The predicted octanol–water partition coefficient (Wildman–Crippen LogP) is 5.43. The van der Waals surface area contributed by atoms with Gasteiger partial charge in [0, 0.05) is 18.8 Å². The Kier molecular flexibility index (Phi) is 6.98. The molecule has 0 aliphatic carbocycles. The Bertz CT molecular complexity index is 1070. The van der Waals surface area contributed by atoms with E-state index in [1.807, 2.05) is 0 Å². The van der Waals surface area contributed by atoms with Crippen LogP contribution in [0.25, 0.3) is 0 Å². The van der Waals surface area contributed by atoms with E-state index in [0.717, 1.165) is 19.3 Å². The number of halogens is 4. The maximum absolute atomic E-state index is 12.9. The summed E-state index contributed by atoms with van der Waals surface area (Å²) in [5.41, 5.74) is 0.765. The van der Waals surface area contributed by atoms with Crippen LogP contribution in [0.2, 0.25) is 20.2 Å². The van der Waals surface area contributed by atoms with E-state index in [9.17, 15) is 13.2 Å². The predicted molar refractivity (Wildman–Crippen MR) is 116 cm³/mol. The average Bonchev–Trinajstić information content (AvgIpc) is 2.71. The molecule has 11 heteroatoms. The molecule has 0 saturated carbocycles. The lowest BCUT2D eigenvalue weighted by molar-refractivity contribution is 0.102. The van der Waals surface area contributed by atoms with Crippen LogP contribution in [0.3, 0.4) is 0 Å². The summed E-state index contributed by atoms with van der Waals surface area (Å²) in [7, 11) is -3.65. The summed E-state index contributed by atoms with van der Waals surface area (Å²) < 4.78 is 27.3. The Morgan fingerprint density at radius 3 is 2.34 bits per heavy atom. The fraction of sp³-hybridized carbons (Fsp3) is 0.333. The van der Waals surface area contributed by atoms with Gasteiger partial charge in [-0.15, -0.1) is 0 Å². The number of benzene rings is 1. The number of nitrogens with one attached hydrogen (secondary N) is 1. The molecule has 2 heterocycles. The SMILES string of the molecule is Cc1ccc(S(=O)(=O)N2CCCCC2)cc1NC(=O)c1nc(Cl)c(Cl)c(Cl)c1Cl. The van der Waals surface area contributed by atoms with Gasteiger partial charge in [-0.05, 0) is 37.5 Å². The first kappa shape index (κ1) is 22.6. The standard InChI is InChI=1S/C18H17Cl4N3O3S/c1-10-5-6-11(29(27,28)25-7-3-2-4-8-25)9-12(10)23-18(26)16-14(20)13(19)15(21)17(22)24-16/h5-6,9H,2-4,7-8H2,1H3,(H,23,26). The Balaban J connectivity index is 1.92. The van der Waals surface area contributed by atoms with Gasteiger partial charge in [0.15, 0.2) is 0 Å². The quantitative estimate of drug-likeness (QED) is 0.572. The van der Waals surface area contributed by atoms with E-state index < -0.39 is 15.9 Å². The van der Waals surface area contributed by atoms with Crippen molar-refractivity contribution in [3.8, 4) is 0 Å². The second-order valence-corrected chi connectivity index (χ2v) is 10.0. The monoisotopic (exact) mass is 495 g/mol. The number of amides is 1. The first-order chi connectivity index (χ1) is 13.6. The molecule has 1 amide bonds. The summed E-state index contributed by atoms with van der Waals surface area (Å²) in [6.07, 6.45) is 2.68. The van der Waals surface area contributed by atoms with E-state index in [-0.39, 0.29) is 30.8 Å². The molecule has 156 valence electrons. The van der Waals surface area contributed by atoms with E-state index in [2.05, 4.69) is 10.3 Å². The molecule has 0 radical (unpaired) electrons. The van der Waals surface area contributed by atoms with Gasteiger partial charge in [0.1, 0.15) is 10.8 Å². The van der Waals surface area contributed by atoms with Crippen molar-refractivity contribution >= 4 is 68.0 Å². The average molecular weight is 497 g/mol. The third-order valence-corrected chi connectivity index (χ3v) is 8.18. The number of carbonyl (C=O) groups is 1. The van der Waals surface area contributed by atoms with Gasteiger partial charge in [-0.3, -0.25) is 4.79 Å². The molecule has 3 rings (SSSR count). The Morgan fingerprint density at radius 1 is 1.03 bits per heavy atom. The number of carbonyl (C=O) groups excluding carboxylic acids is 1. The molecule has 0 atom stereocenters. The fourth-order valence-electron chi connectivity index (χ4n) is 2.97. The number of pyridine rings is 1. The Hall–Kier alpha value is -1.09. The largest absolute Gasteiger partial charge is 0.320 e. The van der Waals surface area contributed by atoms with Crippen molar-refractivity contribution in [2.75, 3.05) is 18.4 Å². The van der Waals surface area contributed by atoms with Crippen molar-refractivity contribution in [3.05, 3.63) is 49.7 Å². The van der Waals surface area contributed by atoms with Crippen LogP contribution >= 0.6 is 46.4 Å². The van der Waals surface area contributed by atoms with E-state index in [1.165, 1.54) is 16.4 Å². The van der Waals surface area contributed by atoms with E-state index in [4.69, 9.17) is 46.4 Å². The van der Waals surface area contributed by atoms with Crippen LogP contribution in [0.15, 0.2) is 23.1 Å². The Morgan fingerprint density at radius 2 is 1.69 bits per heavy atom. The molecular formula is C18H17Cl4N3O3S. The number of hydrogen-bond acceptors (Lipinski definition) is 4. The molecule has 0 spiro atoms. The number of aryl methyl sites for hydroxylation is 1. The van der Waals surface area contributed by atoms with Crippen LogP contribution in [-0.4, -0.2) is 36.7 Å². The van der Waals surface area contributed by atoms with E-state index >= 15 is 0 Å². The highest BCUT2D eigenvalue weighted by Crippen LogP contribution is 2.36. The van der Waals surface area contributed by atoms with Gasteiger partial charge in [0.25, 0.3) is 5.91 Å². The highest BCUT2D eigenvalue weighted by molar-refractivity contribution is 7.89. The molecule has 2 aromatic rings. The molecule has 0 bridgehead atoms. The zero-order valence-corrected chi connectivity index (χ0v) is 19.1. The maximum atomic E-state index is 12.9. The van der Waals surface area contributed by atoms with Crippen LogP contribution < -0.4 is 5.32 Å². The number of nitrogens with zero attached hydrogens (tertiary/aromatic N) is 2. The zero-order valence-electron chi connectivity index (χ0n) is 15.3. The van der Waals surface area contributed by atoms with Crippen molar-refractivity contribution in [3.63, 3.8) is 0 Å². The molecule has 1 saturated heterocycles.